The SMILES string of the molecule is C=C1C(C(=O)Nc2ccc(C(C)C)cc2)=CN(CCCCCC(=O)Nc2ccccc2N)c2ccccc21. The van der Waals surface area contributed by atoms with Crippen molar-refractivity contribution < 1.29 is 9.59 Å². The summed E-state index contributed by atoms with van der Waals surface area (Å²) in [5, 5.41) is 5.90. The second-order valence-corrected chi connectivity index (χ2v) is 9.91. The zero-order chi connectivity index (χ0) is 27.1. The van der Waals surface area contributed by atoms with Crippen LogP contribution in [0.15, 0.2) is 91.1 Å². The fourth-order valence-electron chi connectivity index (χ4n) is 4.53. The number of nitrogen functional groups attached to an aromatic ring is 1. The maximum absolute atomic E-state index is 13.3. The number of amides is 2. The number of benzene rings is 3. The van der Waals surface area contributed by atoms with Gasteiger partial charge in [0.25, 0.3) is 5.91 Å². The average molecular weight is 509 g/mol. The molecule has 6 heteroatoms. The Morgan fingerprint density at radius 1 is 0.895 bits per heavy atom. The first-order chi connectivity index (χ1) is 18.3. The molecule has 0 saturated heterocycles. The Balaban J connectivity index is 1.36. The molecule has 0 radical (unpaired) electrons. The predicted molar refractivity (Wildman–Crippen MR) is 158 cm³/mol. The van der Waals surface area contributed by atoms with Gasteiger partial charge in [-0.3, -0.25) is 9.59 Å². The van der Waals surface area contributed by atoms with Crippen LogP contribution in [0.2, 0.25) is 0 Å². The number of hydrogen-bond donors (Lipinski definition) is 3. The molecule has 3 aromatic rings. The first-order valence-electron chi connectivity index (χ1n) is 13.2. The normalized spacial score (nSPS) is 12.7. The molecule has 196 valence electrons. The highest BCUT2D eigenvalue weighted by atomic mass is 16.2. The molecule has 0 bridgehead atoms. The van der Waals surface area contributed by atoms with Gasteiger partial charge in [0.05, 0.1) is 16.9 Å². The Bertz CT molecular complexity index is 1340. The first-order valence-corrected chi connectivity index (χ1v) is 13.2. The van der Waals surface area contributed by atoms with E-state index in [0.717, 1.165) is 42.7 Å². The third-order valence-electron chi connectivity index (χ3n) is 6.77. The molecule has 0 aliphatic carbocycles. The lowest BCUT2D eigenvalue weighted by molar-refractivity contribution is -0.116. The van der Waals surface area contributed by atoms with Gasteiger partial charge in [-0.1, -0.05) is 69.3 Å². The van der Waals surface area contributed by atoms with Crippen LogP contribution in [0, 0.1) is 0 Å². The fourth-order valence-corrected chi connectivity index (χ4v) is 4.53. The molecule has 1 aliphatic rings. The van der Waals surface area contributed by atoms with E-state index in [-0.39, 0.29) is 11.8 Å². The zero-order valence-corrected chi connectivity index (χ0v) is 22.2. The standard InChI is InChI=1S/C32H36N4O2/c1-22(2)24-16-18-25(19-17-24)34-32(38)27-21-36(30-14-9-6-11-26(30)23(27)3)20-10-4-5-15-31(37)35-29-13-8-7-12-28(29)33/h6-9,11-14,16-19,21-22H,3-5,10,15,20,33H2,1-2H3,(H,34,38)(H,35,37). The van der Waals surface area contributed by atoms with Crippen molar-refractivity contribution in [3.8, 4) is 0 Å². The summed E-state index contributed by atoms with van der Waals surface area (Å²) in [5.74, 6) is 0.217. The predicted octanol–water partition coefficient (Wildman–Crippen LogP) is 6.95. The van der Waals surface area contributed by atoms with Gasteiger partial charge in [-0.05, 0) is 60.2 Å². The lowest BCUT2D eigenvalue weighted by Crippen LogP contribution is -2.27. The number of nitrogens with one attached hydrogen (secondary N) is 2. The summed E-state index contributed by atoms with van der Waals surface area (Å²) in [7, 11) is 0. The minimum atomic E-state index is -0.177. The van der Waals surface area contributed by atoms with Gasteiger partial charge in [-0.25, -0.2) is 0 Å². The highest BCUT2D eigenvalue weighted by Crippen LogP contribution is 2.36. The average Bonchev–Trinajstić information content (AvgIpc) is 2.91. The Morgan fingerprint density at radius 3 is 2.34 bits per heavy atom. The second-order valence-electron chi connectivity index (χ2n) is 9.91. The summed E-state index contributed by atoms with van der Waals surface area (Å²) in [6.07, 6.45) is 4.86. The van der Waals surface area contributed by atoms with Gasteiger partial charge in [-0.2, -0.15) is 0 Å². The number of nitrogens with two attached hydrogens (primary N) is 1. The van der Waals surface area contributed by atoms with Crippen LogP contribution in [-0.4, -0.2) is 18.4 Å². The molecule has 0 atom stereocenters. The fraction of sp³-hybridized carbons (Fsp3) is 0.250. The van der Waals surface area contributed by atoms with Crippen molar-refractivity contribution in [2.75, 3.05) is 27.8 Å². The van der Waals surface area contributed by atoms with E-state index in [4.69, 9.17) is 5.73 Å². The summed E-state index contributed by atoms with van der Waals surface area (Å²) < 4.78 is 0. The number of hydrogen-bond acceptors (Lipinski definition) is 4. The number of unbranched alkanes of at least 4 members (excludes halogenated alkanes) is 2. The Labute approximate surface area is 225 Å². The van der Waals surface area contributed by atoms with Gasteiger partial charge in [0, 0.05) is 36.1 Å². The number of carbonyl (C=O) groups is 2. The maximum atomic E-state index is 13.3. The molecule has 0 aromatic heterocycles. The van der Waals surface area contributed by atoms with Crippen LogP contribution in [0.5, 0.6) is 0 Å². The number of carbonyl (C=O) groups excluding carboxylic acids is 2. The maximum Gasteiger partial charge on any atom is 0.257 e. The van der Waals surface area contributed by atoms with Crippen molar-refractivity contribution in [3.63, 3.8) is 0 Å². The largest absolute Gasteiger partial charge is 0.397 e. The molecule has 0 unspecified atom stereocenters. The quantitative estimate of drug-likeness (QED) is 0.204. The molecule has 6 nitrogen and oxygen atoms in total. The van der Waals surface area contributed by atoms with Crippen LogP contribution in [0.4, 0.5) is 22.7 Å². The second kappa shape index (κ2) is 12.3. The smallest absolute Gasteiger partial charge is 0.257 e. The van der Waals surface area contributed by atoms with Crippen molar-refractivity contribution in [1.82, 2.24) is 0 Å². The topological polar surface area (TPSA) is 87.5 Å². The van der Waals surface area contributed by atoms with E-state index in [1.54, 1.807) is 12.1 Å². The molecule has 4 N–H and O–H groups in total. The molecule has 38 heavy (non-hydrogen) atoms. The molecule has 1 aliphatic heterocycles. The minimum absolute atomic E-state index is 0.0391. The van der Waals surface area contributed by atoms with E-state index >= 15 is 0 Å². The van der Waals surface area contributed by atoms with Crippen LogP contribution < -0.4 is 21.3 Å². The summed E-state index contributed by atoms with van der Waals surface area (Å²) in [6, 6.07) is 23.2. The number of anilines is 4. The van der Waals surface area contributed by atoms with Crippen LogP contribution in [0.3, 0.4) is 0 Å². The summed E-state index contributed by atoms with van der Waals surface area (Å²) in [6.45, 7) is 9.26. The van der Waals surface area contributed by atoms with E-state index in [2.05, 4.69) is 36.0 Å². The highest BCUT2D eigenvalue weighted by Gasteiger charge is 2.24. The minimum Gasteiger partial charge on any atom is -0.397 e. The molecular formula is C32H36N4O2. The van der Waals surface area contributed by atoms with E-state index < -0.39 is 0 Å². The number of rotatable bonds is 10. The molecule has 2 amide bonds. The van der Waals surface area contributed by atoms with Crippen molar-refractivity contribution in [1.29, 1.82) is 0 Å². The van der Waals surface area contributed by atoms with Gasteiger partial charge in [-0.15, -0.1) is 0 Å². The van der Waals surface area contributed by atoms with Crippen molar-refractivity contribution >= 4 is 40.1 Å². The van der Waals surface area contributed by atoms with E-state index in [0.29, 0.717) is 34.9 Å². The molecule has 0 spiro atoms. The molecule has 0 saturated carbocycles. The summed E-state index contributed by atoms with van der Waals surface area (Å²) in [4.78, 5) is 27.7. The molecule has 3 aromatic carbocycles. The zero-order valence-electron chi connectivity index (χ0n) is 22.2. The number of fused-ring (bicyclic) bond motifs is 1. The monoisotopic (exact) mass is 508 g/mol. The molecular weight excluding hydrogens is 472 g/mol. The van der Waals surface area contributed by atoms with Crippen LogP contribution in [-0.2, 0) is 9.59 Å². The Kier molecular flexibility index (Phi) is 8.64. The van der Waals surface area contributed by atoms with Crippen molar-refractivity contribution in [3.05, 3.63) is 102 Å². The summed E-state index contributed by atoms with van der Waals surface area (Å²) in [5.41, 5.74) is 12.4. The summed E-state index contributed by atoms with van der Waals surface area (Å²) >= 11 is 0. The van der Waals surface area contributed by atoms with Gasteiger partial charge in [0.15, 0.2) is 0 Å². The van der Waals surface area contributed by atoms with Crippen LogP contribution >= 0.6 is 0 Å². The lowest BCUT2D eigenvalue weighted by Gasteiger charge is -2.30. The number of nitrogens with zero attached hydrogens (tertiary/aromatic N) is 1. The van der Waals surface area contributed by atoms with Crippen LogP contribution in [0.1, 0.15) is 56.6 Å². The van der Waals surface area contributed by atoms with E-state index in [1.807, 2.05) is 66.9 Å². The van der Waals surface area contributed by atoms with Crippen molar-refractivity contribution in [2.45, 2.75) is 45.4 Å². The third-order valence-corrected chi connectivity index (χ3v) is 6.77. The van der Waals surface area contributed by atoms with Gasteiger partial charge >= 0.3 is 0 Å². The highest BCUT2D eigenvalue weighted by molar-refractivity contribution is 6.16. The Hall–Kier alpha value is -4.32. The third kappa shape index (κ3) is 6.51. The van der Waals surface area contributed by atoms with Crippen molar-refractivity contribution in [2.24, 2.45) is 0 Å². The lowest BCUT2D eigenvalue weighted by atomic mass is 9.93. The van der Waals surface area contributed by atoms with E-state index in [1.165, 1.54) is 5.56 Å². The first kappa shape index (κ1) is 26.7. The van der Waals surface area contributed by atoms with Crippen LogP contribution in [0.25, 0.3) is 5.57 Å². The van der Waals surface area contributed by atoms with Gasteiger partial charge in [0.1, 0.15) is 0 Å². The van der Waals surface area contributed by atoms with Gasteiger partial charge in [0.2, 0.25) is 5.91 Å². The van der Waals surface area contributed by atoms with Gasteiger partial charge < -0.3 is 21.3 Å². The molecule has 0 fully saturated rings. The molecule has 1 heterocycles. The van der Waals surface area contributed by atoms with E-state index in [9.17, 15) is 9.59 Å². The molecule has 4 rings (SSSR count). The Morgan fingerprint density at radius 2 is 1.61 bits per heavy atom. The number of para-hydroxylation sites is 3.